The summed E-state index contributed by atoms with van der Waals surface area (Å²) in [6.45, 7) is 3.20. The molecule has 0 spiro atoms. The Balaban J connectivity index is 1.67. The molecule has 218 valence electrons. The number of carbonyl (C=O) groups excluding carboxylic acids is 2. The van der Waals surface area contributed by atoms with E-state index in [0.717, 1.165) is 41.1 Å². The summed E-state index contributed by atoms with van der Waals surface area (Å²) in [7, 11) is -4.23. The van der Waals surface area contributed by atoms with E-state index in [0.29, 0.717) is 6.42 Å². The third-order valence-corrected chi connectivity index (χ3v) is 9.75. The molecule has 0 saturated heterocycles. The van der Waals surface area contributed by atoms with Gasteiger partial charge in [0.2, 0.25) is 11.8 Å². The molecule has 0 aliphatic heterocycles. The maximum absolute atomic E-state index is 14.0. The first-order valence-electron chi connectivity index (χ1n) is 13.7. The highest BCUT2D eigenvalue weighted by Gasteiger charge is 2.34. The smallest absolute Gasteiger partial charge is 0.264 e. The molecule has 0 radical (unpaired) electrons. The lowest BCUT2D eigenvalue weighted by atomic mass is 10.1. The summed E-state index contributed by atoms with van der Waals surface area (Å²) in [4.78, 5) is 28.8. The Morgan fingerprint density at radius 2 is 1.63 bits per heavy atom. The van der Waals surface area contributed by atoms with Gasteiger partial charge in [-0.05, 0) is 69.0 Å². The molecule has 0 bridgehead atoms. The monoisotopic (exact) mass is 615 g/mol. The summed E-state index contributed by atoms with van der Waals surface area (Å²) in [6.07, 6.45) is 4.43. The second-order valence-corrected chi connectivity index (χ2v) is 13.1. The number of nitrogens with one attached hydrogen (secondary N) is 1. The molecule has 3 aromatic rings. The summed E-state index contributed by atoms with van der Waals surface area (Å²) >= 11 is 12.7. The number of sulfonamides is 1. The van der Waals surface area contributed by atoms with Gasteiger partial charge in [-0.25, -0.2) is 8.42 Å². The van der Waals surface area contributed by atoms with Crippen molar-refractivity contribution >= 4 is 50.7 Å². The van der Waals surface area contributed by atoms with Crippen molar-refractivity contribution < 1.29 is 18.0 Å². The third-order valence-electron chi connectivity index (χ3n) is 7.42. The summed E-state index contributed by atoms with van der Waals surface area (Å²) in [5.41, 5.74) is 1.97. The number of benzene rings is 3. The lowest BCUT2D eigenvalue weighted by Crippen LogP contribution is -2.53. The van der Waals surface area contributed by atoms with Crippen LogP contribution >= 0.6 is 23.2 Å². The Bertz CT molecular complexity index is 1460. The van der Waals surface area contributed by atoms with Crippen LogP contribution in [0.3, 0.4) is 0 Å². The maximum Gasteiger partial charge on any atom is 0.264 e. The molecule has 1 atom stereocenters. The van der Waals surface area contributed by atoms with Crippen LogP contribution in [0.15, 0.2) is 77.7 Å². The van der Waals surface area contributed by atoms with Crippen LogP contribution in [0, 0.1) is 6.92 Å². The molecule has 4 rings (SSSR count). The van der Waals surface area contributed by atoms with E-state index in [4.69, 9.17) is 23.2 Å². The lowest BCUT2D eigenvalue weighted by Gasteiger charge is -2.32. The Labute approximate surface area is 252 Å². The molecule has 0 aromatic heterocycles. The van der Waals surface area contributed by atoms with Crippen LogP contribution in [0.5, 0.6) is 0 Å². The number of carbonyl (C=O) groups is 2. The van der Waals surface area contributed by atoms with Gasteiger partial charge in [0.1, 0.15) is 12.6 Å². The van der Waals surface area contributed by atoms with Crippen molar-refractivity contribution in [2.75, 3.05) is 17.4 Å². The SMILES string of the molecule is Cc1ccc(S(=O)(=O)N(CC(=O)N(CCc2ccccc2)C(C)C(=O)NC2CCCC2)c2cc(Cl)ccc2Cl)cc1. The molecule has 1 fully saturated rings. The van der Waals surface area contributed by atoms with Crippen LogP contribution in [0.4, 0.5) is 5.69 Å². The molecule has 1 N–H and O–H groups in total. The Morgan fingerprint density at radius 1 is 0.976 bits per heavy atom. The minimum Gasteiger partial charge on any atom is -0.352 e. The molecule has 1 aliphatic carbocycles. The van der Waals surface area contributed by atoms with Crippen molar-refractivity contribution in [1.82, 2.24) is 10.2 Å². The minimum atomic E-state index is -4.23. The van der Waals surface area contributed by atoms with Gasteiger partial charge in [-0.1, -0.05) is 84.1 Å². The highest BCUT2D eigenvalue weighted by Crippen LogP contribution is 2.33. The molecule has 1 aliphatic rings. The normalized spacial score (nSPS) is 14.4. The largest absolute Gasteiger partial charge is 0.352 e. The topological polar surface area (TPSA) is 86.8 Å². The zero-order valence-electron chi connectivity index (χ0n) is 23.2. The maximum atomic E-state index is 14.0. The summed E-state index contributed by atoms with van der Waals surface area (Å²) in [5.74, 6) is -0.784. The van der Waals surface area contributed by atoms with Crippen LogP contribution in [0.1, 0.15) is 43.7 Å². The van der Waals surface area contributed by atoms with Crippen LogP contribution in [0.25, 0.3) is 0 Å². The summed E-state index contributed by atoms with van der Waals surface area (Å²) in [5, 5.41) is 3.47. The number of aryl methyl sites for hydroxylation is 1. The number of halogens is 2. The van der Waals surface area contributed by atoms with E-state index in [1.165, 1.54) is 29.2 Å². The second-order valence-electron chi connectivity index (χ2n) is 10.4. The van der Waals surface area contributed by atoms with Gasteiger partial charge in [0, 0.05) is 17.6 Å². The second kappa shape index (κ2) is 13.7. The molecule has 1 saturated carbocycles. The van der Waals surface area contributed by atoms with Gasteiger partial charge in [-0.15, -0.1) is 0 Å². The summed E-state index contributed by atoms with van der Waals surface area (Å²) < 4.78 is 28.9. The number of amides is 2. The zero-order chi connectivity index (χ0) is 29.6. The van der Waals surface area contributed by atoms with E-state index in [2.05, 4.69) is 5.32 Å². The van der Waals surface area contributed by atoms with Gasteiger partial charge < -0.3 is 10.2 Å². The zero-order valence-corrected chi connectivity index (χ0v) is 25.6. The number of nitrogens with zero attached hydrogens (tertiary/aromatic N) is 2. The first-order chi connectivity index (χ1) is 19.6. The molecule has 1 unspecified atom stereocenters. The minimum absolute atomic E-state index is 0.00908. The fraction of sp³-hybridized carbons (Fsp3) is 0.355. The van der Waals surface area contributed by atoms with E-state index in [1.807, 2.05) is 37.3 Å². The predicted molar refractivity (Wildman–Crippen MR) is 164 cm³/mol. The third kappa shape index (κ3) is 7.82. The quantitative estimate of drug-likeness (QED) is 0.286. The van der Waals surface area contributed by atoms with Gasteiger partial charge in [-0.3, -0.25) is 13.9 Å². The van der Waals surface area contributed by atoms with Gasteiger partial charge in [0.15, 0.2) is 0 Å². The first-order valence-corrected chi connectivity index (χ1v) is 15.9. The molecule has 3 aromatic carbocycles. The Hall–Kier alpha value is -3.07. The Kier molecular flexibility index (Phi) is 10.3. The van der Waals surface area contributed by atoms with Crippen molar-refractivity contribution in [2.24, 2.45) is 0 Å². The van der Waals surface area contributed by atoms with Crippen LogP contribution < -0.4 is 9.62 Å². The number of rotatable bonds is 11. The van der Waals surface area contributed by atoms with Crippen molar-refractivity contribution in [3.63, 3.8) is 0 Å². The average Bonchev–Trinajstić information content (AvgIpc) is 3.47. The number of anilines is 1. The van der Waals surface area contributed by atoms with Gasteiger partial charge in [0.25, 0.3) is 10.0 Å². The molecular formula is C31H35Cl2N3O4S. The van der Waals surface area contributed by atoms with Crippen molar-refractivity contribution in [2.45, 2.75) is 62.9 Å². The van der Waals surface area contributed by atoms with Crippen molar-refractivity contribution in [3.05, 3.63) is 94.0 Å². The first kappa shape index (κ1) is 30.9. The standard InChI is InChI=1S/C31H35Cl2N3O4S/c1-22-12-15-27(16-13-22)41(39,40)36(29-20-25(32)14-17-28(29)33)21-30(37)35(19-18-24-8-4-3-5-9-24)23(2)31(38)34-26-10-6-7-11-26/h3-5,8-9,12-17,20,23,26H,6-7,10-11,18-19,21H2,1-2H3,(H,34,38). The van der Waals surface area contributed by atoms with E-state index < -0.39 is 28.5 Å². The predicted octanol–water partition coefficient (Wildman–Crippen LogP) is 6.02. The molecule has 7 nitrogen and oxygen atoms in total. The van der Waals surface area contributed by atoms with Gasteiger partial charge >= 0.3 is 0 Å². The van der Waals surface area contributed by atoms with Crippen molar-refractivity contribution in [1.29, 1.82) is 0 Å². The van der Waals surface area contributed by atoms with Crippen LogP contribution in [-0.4, -0.2) is 50.3 Å². The number of hydrogen-bond donors (Lipinski definition) is 1. The molecule has 2 amide bonds. The molecule has 10 heteroatoms. The number of hydrogen-bond acceptors (Lipinski definition) is 4. The van der Waals surface area contributed by atoms with Crippen LogP contribution in [-0.2, 0) is 26.0 Å². The van der Waals surface area contributed by atoms with E-state index >= 15 is 0 Å². The molecular weight excluding hydrogens is 581 g/mol. The van der Waals surface area contributed by atoms with E-state index in [9.17, 15) is 18.0 Å². The molecule has 41 heavy (non-hydrogen) atoms. The van der Waals surface area contributed by atoms with E-state index in [1.54, 1.807) is 25.1 Å². The van der Waals surface area contributed by atoms with E-state index in [-0.39, 0.29) is 39.1 Å². The van der Waals surface area contributed by atoms with Gasteiger partial charge in [0.05, 0.1) is 15.6 Å². The molecule has 0 heterocycles. The van der Waals surface area contributed by atoms with Gasteiger partial charge in [-0.2, -0.15) is 0 Å². The summed E-state index contributed by atoms with van der Waals surface area (Å²) in [6, 6.07) is 19.7. The average molecular weight is 617 g/mol. The Morgan fingerprint density at radius 3 is 2.29 bits per heavy atom. The lowest BCUT2D eigenvalue weighted by molar-refractivity contribution is -0.139. The van der Waals surface area contributed by atoms with Crippen molar-refractivity contribution in [3.8, 4) is 0 Å². The highest BCUT2D eigenvalue weighted by atomic mass is 35.5. The fourth-order valence-electron chi connectivity index (χ4n) is 4.99. The van der Waals surface area contributed by atoms with Crippen LogP contribution in [0.2, 0.25) is 10.0 Å². The highest BCUT2D eigenvalue weighted by molar-refractivity contribution is 7.92. The fourth-order valence-corrected chi connectivity index (χ4v) is 6.85.